The molecule has 0 atom stereocenters. The summed E-state index contributed by atoms with van der Waals surface area (Å²) in [6, 6.07) is 13.5. The van der Waals surface area contributed by atoms with E-state index in [0.29, 0.717) is 12.5 Å². The topological polar surface area (TPSA) is 44.2 Å². The van der Waals surface area contributed by atoms with Crippen molar-refractivity contribution >= 4 is 10.9 Å². The molecule has 1 heterocycles. The predicted octanol–water partition coefficient (Wildman–Crippen LogP) is 4.13. The van der Waals surface area contributed by atoms with Crippen LogP contribution in [0.3, 0.4) is 0 Å². The summed E-state index contributed by atoms with van der Waals surface area (Å²) < 4.78 is 11.3. The Hall–Kier alpha value is -2.62. The predicted molar refractivity (Wildman–Crippen MR) is 82.0 cm³/mol. The monoisotopic (exact) mass is 280 g/mol. The van der Waals surface area contributed by atoms with Crippen LogP contribution in [-0.4, -0.2) is 16.6 Å². The standard InChI is InChI=1S/C17H16N2O2/c1-3-20-13-5-7-14(8-6-13)21-17-15-10-12(2)4-9-16(15)18-11-19-17/h4-11H,3H2,1-2H3. The zero-order valence-electron chi connectivity index (χ0n) is 12.0. The van der Waals surface area contributed by atoms with Gasteiger partial charge in [0.25, 0.3) is 0 Å². The van der Waals surface area contributed by atoms with Gasteiger partial charge in [-0.1, -0.05) is 11.6 Å². The fourth-order valence-electron chi connectivity index (χ4n) is 2.11. The molecule has 1 aromatic heterocycles. The van der Waals surface area contributed by atoms with Crippen LogP contribution in [0.5, 0.6) is 17.4 Å². The second kappa shape index (κ2) is 5.79. The Balaban J connectivity index is 1.92. The third-order valence-corrected chi connectivity index (χ3v) is 3.10. The molecule has 4 nitrogen and oxygen atoms in total. The second-order valence-electron chi connectivity index (χ2n) is 4.71. The summed E-state index contributed by atoms with van der Waals surface area (Å²) in [5.74, 6) is 2.11. The van der Waals surface area contributed by atoms with Gasteiger partial charge in [0.2, 0.25) is 5.88 Å². The van der Waals surface area contributed by atoms with Crippen molar-refractivity contribution in [1.82, 2.24) is 9.97 Å². The van der Waals surface area contributed by atoms with Crippen LogP contribution in [0.25, 0.3) is 10.9 Å². The normalized spacial score (nSPS) is 10.6. The van der Waals surface area contributed by atoms with Crippen LogP contribution in [0.2, 0.25) is 0 Å². The molecule has 0 spiro atoms. The summed E-state index contributed by atoms with van der Waals surface area (Å²) in [5.41, 5.74) is 2.02. The molecule has 0 aliphatic rings. The van der Waals surface area contributed by atoms with Crippen LogP contribution in [-0.2, 0) is 0 Å². The third kappa shape index (κ3) is 2.94. The van der Waals surface area contributed by atoms with E-state index in [4.69, 9.17) is 9.47 Å². The highest BCUT2D eigenvalue weighted by Crippen LogP contribution is 2.28. The van der Waals surface area contributed by atoms with E-state index in [1.165, 1.54) is 6.33 Å². The number of fused-ring (bicyclic) bond motifs is 1. The molecular formula is C17H16N2O2. The first kappa shape index (κ1) is 13.4. The lowest BCUT2D eigenvalue weighted by Crippen LogP contribution is -1.93. The van der Waals surface area contributed by atoms with Crippen molar-refractivity contribution in [3.8, 4) is 17.4 Å². The van der Waals surface area contributed by atoms with E-state index in [-0.39, 0.29) is 0 Å². The van der Waals surface area contributed by atoms with Crippen LogP contribution in [0.4, 0.5) is 0 Å². The fraction of sp³-hybridized carbons (Fsp3) is 0.176. The Morgan fingerprint density at radius 1 is 0.952 bits per heavy atom. The van der Waals surface area contributed by atoms with Gasteiger partial charge in [-0.05, 0) is 50.2 Å². The van der Waals surface area contributed by atoms with Gasteiger partial charge in [-0.3, -0.25) is 0 Å². The largest absolute Gasteiger partial charge is 0.494 e. The van der Waals surface area contributed by atoms with Gasteiger partial charge in [0.15, 0.2) is 0 Å². The number of aromatic nitrogens is 2. The van der Waals surface area contributed by atoms with E-state index in [2.05, 4.69) is 9.97 Å². The number of nitrogens with zero attached hydrogens (tertiary/aromatic N) is 2. The quantitative estimate of drug-likeness (QED) is 0.720. The van der Waals surface area contributed by atoms with Crippen molar-refractivity contribution in [3.05, 3.63) is 54.4 Å². The zero-order chi connectivity index (χ0) is 14.7. The number of aryl methyl sites for hydroxylation is 1. The van der Waals surface area contributed by atoms with E-state index in [1.54, 1.807) is 0 Å². The molecule has 2 aromatic carbocycles. The summed E-state index contributed by atoms with van der Waals surface area (Å²) in [6.45, 7) is 4.64. The number of hydrogen-bond acceptors (Lipinski definition) is 4. The van der Waals surface area contributed by atoms with Crippen LogP contribution in [0.1, 0.15) is 12.5 Å². The van der Waals surface area contributed by atoms with Crippen molar-refractivity contribution < 1.29 is 9.47 Å². The molecule has 0 amide bonds. The maximum absolute atomic E-state index is 5.87. The van der Waals surface area contributed by atoms with Gasteiger partial charge in [0.05, 0.1) is 17.5 Å². The summed E-state index contributed by atoms with van der Waals surface area (Å²) in [7, 11) is 0. The average molecular weight is 280 g/mol. The summed E-state index contributed by atoms with van der Waals surface area (Å²) in [6.07, 6.45) is 1.52. The Morgan fingerprint density at radius 3 is 2.48 bits per heavy atom. The zero-order valence-corrected chi connectivity index (χ0v) is 12.0. The van der Waals surface area contributed by atoms with Crippen molar-refractivity contribution in [2.24, 2.45) is 0 Å². The molecule has 0 aliphatic carbocycles. The highest BCUT2D eigenvalue weighted by atomic mass is 16.5. The molecule has 0 saturated heterocycles. The van der Waals surface area contributed by atoms with Crippen molar-refractivity contribution in [2.45, 2.75) is 13.8 Å². The smallest absolute Gasteiger partial charge is 0.230 e. The molecule has 0 N–H and O–H groups in total. The van der Waals surface area contributed by atoms with Crippen LogP contribution in [0.15, 0.2) is 48.8 Å². The summed E-state index contributed by atoms with van der Waals surface area (Å²) in [5, 5.41) is 0.909. The molecule has 4 heteroatoms. The molecule has 0 saturated carbocycles. The maximum Gasteiger partial charge on any atom is 0.230 e. The molecule has 0 bridgehead atoms. The lowest BCUT2D eigenvalue weighted by atomic mass is 10.2. The number of rotatable bonds is 4. The van der Waals surface area contributed by atoms with Gasteiger partial charge >= 0.3 is 0 Å². The minimum absolute atomic E-state index is 0.563. The summed E-state index contributed by atoms with van der Waals surface area (Å²) >= 11 is 0. The van der Waals surface area contributed by atoms with Crippen molar-refractivity contribution in [3.63, 3.8) is 0 Å². The first-order chi connectivity index (χ1) is 10.3. The number of hydrogen-bond donors (Lipinski definition) is 0. The van der Waals surface area contributed by atoms with Gasteiger partial charge < -0.3 is 9.47 Å². The molecule has 3 rings (SSSR count). The summed E-state index contributed by atoms with van der Waals surface area (Å²) in [4.78, 5) is 8.49. The van der Waals surface area contributed by atoms with Crippen LogP contribution < -0.4 is 9.47 Å². The number of benzene rings is 2. The van der Waals surface area contributed by atoms with E-state index in [1.807, 2.05) is 56.3 Å². The van der Waals surface area contributed by atoms with Gasteiger partial charge in [0.1, 0.15) is 17.8 Å². The molecule has 0 aliphatic heterocycles. The molecule has 0 unspecified atom stereocenters. The first-order valence-electron chi connectivity index (χ1n) is 6.88. The molecule has 0 radical (unpaired) electrons. The van der Waals surface area contributed by atoms with Crippen molar-refractivity contribution in [2.75, 3.05) is 6.61 Å². The third-order valence-electron chi connectivity index (χ3n) is 3.10. The SMILES string of the molecule is CCOc1ccc(Oc2ncnc3ccc(C)cc23)cc1. The Labute approximate surface area is 123 Å². The maximum atomic E-state index is 5.87. The average Bonchev–Trinajstić information content (AvgIpc) is 2.50. The minimum Gasteiger partial charge on any atom is -0.494 e. The molecule has 3 aromatic rings. The first-order valence-corrected chi connectivity index (χ1v) is 6.88. The van der Waals surface area contributed by atoms with Gasteiger partial charge in [-0.25, -0.2) is 9.97 Å². The van der Waals surface area contributed by atoms with E-state index in [9.17, 15) is 0 Å². The Bertz CT molecular complexity index is 754. The Morgan fingerprint density at radius 2 is 1.71 bits per heavy atom. The molecule has 21 heavy (non-hydrogen) atoms. The van der Waals surface area contributed by atoms with Gasteiger partial charge in [-0.2, -0.15) is 0 Å². The second-order valence-corrected chi connectivity index (χ2v) is 4.71. The lowest BCUT2D eigenvalue weighted by molar-refractivity contribution is 0.339. The highest BCUT2D eigenvalue weighted by molar-refractivity contribution is 5.84. The molecule has 0 fully saturated rings. The molecule has 106 valence electrons. The van der Waals surface area contributed by atoms with E-state index in [0.717, 1.165) is 28.0 Å². The van der Waals surface area contributed by atoms with Gasteiger partial charge in [-0.15, -0.1) is 0 Å². The van der Waals surface area contributed by atoms with Gasteiger partial charge in [0, 0.05) is 0 Å². The van der Waals surface area contributed by atoms with Crippen LogP contribution >= 0.6 is 0 Å². The minimum atomic E-state index is 0.563. The Kier molecular flexibility index (Phi) is 3.69. The fourth-order valence-corrected chi connectivity index (χ4v) is 2.11. The van der Waals surface area contributed by atoms with E-state index >= 15 is 0 Å². The van der Waals surface area contributed by atoms with E-state index < -0.39 is 0 Å². The molecular weight excluding hydrogens is 264 g/mol. The highest BCUT2D eigenvalue weighted by Gasteiger charge is 2.06. The van der Waals surface area contributed by atoms with Crippen molar-refractivity contribution in [1.29, 1.82) is 0 Å². The lowest BCUT2D eigenvalue weighted by Gasteiger charge is -2.09. The number of ether oxygens (including phenoxy) is 2. The van der Waals surface area contributed by atoms with Crippen LogP contribution in [0, 0.1) is 6.92 Å².